The molecule has 0 fully saturated rings. The van der Waals surface area contributed by atoms with E-state index in [0.29, 0.717) is 11.4 Å². The number of ether oxygens (including phenoxy) is 1. The lowest BCUT2D eigenvalue weighted by molar-refractivity contribution is 0.0988. The third kappa shape index (κ3) is 2.62. The molecule has 1 aromatic heterocycles. The number of H-pyrrole nitrogens is 1. The van der Waals surface area contributed by atoms with Crippen molar-refractivity contribution in [2.75, 3.05) is 19.1 Å². The summed E-state index contributed by atoms with van der Waals surface area (Å²) in [6, 6.07) is 10.5. The number of nitrogens with one attached hydrogen (secondary N) is 1. The van der Waals surface area contributed by atoms with Crippen LogP contribution in [0.4, 0.5) is 10.1 Å². The molecular formula is C19H19FN2O2. The molecule has 0 unspecified atom stereocenters. The van der Waals surface area contributed by atoms with Crippen LogP contribution >= 0.6 is 0 Å². The minimum absolute atomic E-state index is 0.150. The fourth-order valence-corrected chi connectivity index (χ4v) is 2.80. The molecule has 24 heavy (non-hydrogen) atoms. The van der Waals surface area contributed by atoms with Gasteiger partial charge in [-0.2, -0.15) is 0 Å². The summed E-state index contributed by atoms with van der Waals surface area (Å²) < 4.78 is 18.8. The zero-order chi connectivity index (χ0) is 17.4. The number of fused-ring (bicyclic) bond motifs is 1. The van der Waals surface area contributed by atoms with Gasteiger partial charge in [-0.1, -0.05) is 11.6 Å². The first-order valence-corrected chi connectivity index (χ1v) is 7.63. The molecule has 124 valence electrons. The van der Waals surface area contributed by atoms with Gasteiger partial charge in [0.25, 0.3) is 5.91 Å². The normalized spacial score (nSPS) is 10.9. The van der Waals surface area contributed by atoms with Crippen molar-refractivity contribution >= 4 is 22.5 Å². The Bertz CT molecular complexity index is 931. The zero-order valence-electron chi connectivity index (χ0n) is 14.1. The van der Waals surface area contributed by atoms with Crippen molar-refractivity contribution in [1.82, 2.24) is 4.98 Å². The van der Waals surface area contributed by atoms with E-state index in [1.165, 1.54) is 24.1 Å². The lowest BCUT2D eigenvalue weighted by atomic mass is 10.1. The van der Waals surface area contributed by atoms with Gasteiger partial charge in [-0.05, 0) is 43.7 Å². The third-order valence-electron chi connectivity index (χ3n) is 4.25. The van der Waals surface area contributed by atoms with Crippen LogP contribution in [0.2, 0.25) is 0 Å². The van der Waals surface area contributed by atoms with Crippen LogP contribution in [0.5, 0.6) is 5.75 Å². The first-order chi connectivity index (χ1) is 11.4. The maximum atomic E-state index is 13.9. The maximum absolute atomic E-state index is 13.9. The fraction of sp³-hybridized carbons (Fsp3) is 0.211. The molecule has 0 aliphatic heterocycles. The van der Waals surface area contributed by atoms with Gasteiger partial charge in [-0.25, -0.2) is 4.39 Å². The van der Waals surface area contributed by atoms with Gasteiger partial charge < -0.3 is 14.6 Å². The molecule has 3 aromatic rings. The fourth-order valence-electron chi connectivity index (χ4n) is 2.80. The SMILES string of the molecule is COc1ccc(N(C)C(=O)c2[nH]c3ccc(C)cc3c2C)cc1F. The summed E-state index contributed by atoms with van der Waals surface area (Å²) in [7, 11) is 3.03. The molecule has 0 aliphatic rings. The van der Waals surface area contributed by atoms with Gasteiger partial charge in [-0.15, -0.1) is 0 Å². The topological polar surface area (TPSA) is 45.3 Å². The number of hydrogen-bond acceptors (Lipinski definition) is 2. The van der Waals surface area contributed by atoms with Crippen molar-refractivity contribution in [1.29, 1.82) is 0 Å². The first kappa shape index (κ1) is 16.1. The number of anilines is 1. The van der Waals surface area contributed by atoms with Crippen molar-refractivity contribution in [3.63, 3.8) is 0 Å². The number of halogens is 1. The van der Waals surface area contributed by atoms with Crippen LogP contribution in [0.25, 0.3) is 10.9 Å². The van der Waals surface area contributed by atoms with E-state index in [1.54, 1.807) is 13.1 Å². The van der Waals surface area contributed by atoms with E-state index in [1.807, 2.05) is 32.0 Å². The molecule has 0 radical (unpaired) electrons. The number of benzene rings is 2. The van der Waals surface area contributed by atoms with Gasteiger partial charge in [0.15, 0.2) is 11.6 Å². The number of methoxy groups -OCH3 is 1. The highest BCUT2D eigenvalue weighted by Gasteiger charge is 2.20. The van der Waals surface area contributed by atoms with E-state index < -0.39 is 5.82 Å². The van der Waals surface area contributed by atoms with Gasteiger partial charge in [0.2, 0.25) is 0 Å². The first-order valence-electron chi connectivity index (χ1n) is 7.63. The predicted octanol–water partition coefficient (Wildman–Crippen LogP) is 4.21. The second-order valence-electron chi connectivity index (χ2n) is 5.86. The van der Waals surface area contributed by atoms with Crippen LogP contribution < -0.4 is 9.64 Å². The molecule has 0 saturated heterocycles. The molecule has 1 heterocycles. The highest BCUT2D eigenvalue weighted by atomic mass is 19.1. The zero-order valence-corrected chi connectivity index (χ0v) is 14.1. The summed E-state index contributed by atoms with van der Waals surface area (Å²) >= 11 is 0. The molecule has 3 rings (SSSR count). The summed E-state index contributed by atoms with van der Waals surface area (Å²) in [6.45, 7) is 3.92. The molecule has 0 atom stereocenters. The Balaban J connectivity index is 1.99. The van der Waals surface area contributed by atoms with Crippen LogP contribution in [-0.4, -0.2) is 25.0 Å². The molecule has 4 nitrogen and oxygen atoms in total. The summed E-state index contributed by atoms with van der Waals surface area (Å²) in [4.78, 5) is 17.4. The number of rotatable bonds is 3. The van der Waals surface area contributed by atoms with Crippen LogP contribution in [-0.2, 0) is 0 Å². The highest BCUT2D eigenvalue weighted by molar-refractivity contribution is 6.09. The monoisotopic (exact) mass is 326 g/mol. The van der Waals surface area contributed by atoms with Crippen LogP contribution in [0.3, 0.4) is 0 Å². The predicted molar refractivity (Wildman–Crippen MR) is 93.5 cm³/mol. The second kappa shape index (κ2) is 6.00. The van der Waals surface area contributed by atoms with Gasteiger partial charge in [-0.3, -0.25) is 4.79 Å². The van der Waals surface area contributed by atoms with E-state index in [-0.39, 0.29) is 11.7 Å². The number of hydrogen-bond donors (Lipinski definition) is 1. The number of nitrogens with zero attached hydrogens (tertiary/aromatic N) is 1. The molecule has 2 aromatic carbocycles. The van der Waals surface area contributed by atoms with Crippen LogP contribution in [0.15, 0.2) is 36.4 Å². The minimum Gasteiger partial charge on any atom is -0.494 e. The Morgan fingerprint density at radius 1 is 1.17 bits per heavy atom. The highest BCUT2D eigenvalue weighted by Crippen LogP contribution is 2.27. The van der Waals surface area contributed by atoms with E-state index in [2.05, 4.69) is 4.98 Å². The quantitative estimate of drug-likeness (QED) is 0.783. The van der Waals surface area contributed by atoms with Crippen molar-refractivity contribution in [3.05, 3.63) is 59.0 Å². The Hall–Kier alpha value is -2.82. The molecule has 5 heteroatoms. The Kier molecular flexibility index (Phi) is 4.01. The molecular weight excluding hydrogens is 307 g/mol. The van der Waals surface area contributed by atoms with E-state index in [9.17, 15) is 9.18 Å². The lowest BCUT2D eigenvalue weighted by Crippen LogP contribution is -2.27. The van der Waals surface area contributed by atoms with E-state index in [4.69, 9.17) is 4.74 Å². The van der Waals surface area contributed by atoms with Crippen molar-refractivity contribution in [3.8, 4) is 5.75 Å². The Morgan fingerprint density at radius 2 is 1.92 bits per heavy atom. The number of amides is 1. The average Bonchev–Trinajstić information content (AvgIpc) is 2.90. The van der Waals surface area contributed by atoms with Gasteiger partial charge in [0.1, 0.15) is 5.69 Å². The summed E-state index contributed by atoms with van der Waals surface area (Å²) in [5.74, 6) is -0.568. The number of aromatic amines is 1. The molecule has 0 aliphatic carbocycles. The third-order valence-corrected chi connectivity index (χ3v) is 4.25. The number of carbonyl (C=O) groups excluding carboxylic acids is 1. The van der Waals surface area contributed by atoms with Crippen LogP contribution in [0.1, 0.15) is 21.6 Å². The summed E-state index contributed by atoms with van der Waals surface area (Å²) in [5, 5.41) is 1.02. The number of carbonyl (C=O) groups is 1. The van der Waals surface area contributed by atoms with Crippen LogP contribution in [0, 0.1) is 19.7 Å². The molecule has 1 amide bonds. The second-order valence-corrected chi connectivity index (χ2v) is 5.86. The summed E-state index contributed by atoms with van der Waals surface area (Å²) in [6.07, 6.45) is 0. The Labute approximate surface area is 139 Å². The van der Waals surface area contributed by atoms with Gasteiger partial charge >= 0.3 is 0 Å². The number of aryl methyl sites for hydroxylation is 2. The largest absolute Gasteiger partial charge is 0.494 e. The molecule has 0 spiro atoms. The van der Waals surface area contributed by atoms with Crippen molar-refractivity contribution in [2.45, 2.75) is 13.8 Å². The smallest absolute Gasteiger partial charge is 0.274 e. The minimum atomic E-state index is -0.501. The Morgan fingerprint density at radius 3 is 2.58 bits per heavy atom. The van der Waals surface area contributed by atoms with E-state index >= 15 is 0 Å². The molecule has 1 N–H and O–H groups in total. The molecule has 0 bridgehead atoms. The number of aromatic nitrogens is 1. The van der Waals surface area contributed by atoms with E-state index in [0.717, 1.165) is 22.0 Å². The van der Waals surface area contributed by atoms with Crippen molar-refractivity contribution in [2.24, 2.45) is 0 Å². The van der Waals surface area contributed by atoms with Gasteiger partial charge in [0.05, 0.1) is 7.11 Å². The lowest BCUT2D eigenvalue weighted by Gasteiger charge is -2.17. The average molecular weight is 326 g/mol. The summed E-state index contributed by atoms with van der Waals surface area (Å²) in [5.41, 5.74) is 3.91. The molecule has 0 saturated carbocycles. The van der Waals surface area contributed by atoms with Crippen molar-refractivity contribution < 1.29 is 13.9 Å². The standard InChI is InChI=1S/C19H19FN2O2/c1-11-5-7-16-14(9-11)12(2)18(21-16)19(23)22(3)13-6-8-17(24-4)15(20)10-13/h5-10,21H,1-4H3. The maximum Gasteiger partial charge on any atom is 0.274 e. The van der Waals surface area contributed by atoms with Gasteiger partial charge in [0, 0.05) is 29.7 Å².